The van der Waals surface area contributed by atoms with Crippen LogP contribution in [0.25, 0.3) is 0 Å². The lowest BCUT2D eigenvalue weighted by Crippen LogP contribution is -2.43. The van der Waals surface area contributed by atoms with Gasteiger partial charge in [-0.3, -0.25) is 14.5 Å². The van der Waals surface area contributed by atoms with E-state index in [9.17, 15) is 18.4 Å². The number of nitrogens with zero attached hydrogens (tertiary/aromatic N) is 2. The van der Waals surface area contributed by atoms with Crippen LogP contribution in [-0.2, 0) is 9.59 Å². The fraction of sp³-hybridized carbons (Fsp3) is 0.235. The number of nitrogens with one attached hydrogen (secondary N) is 2. The molecule has 2 amide bonds. The molecule has 0 saturated heterocycles. The van der Waals surface area contributed by atoms with Gasteiger partial charge in [-0.25, -0.2) is 13.8 Å². The summed E-state index contributed by atoms with van der Waals surface area (Å²) in [4.78, 5) is 29.7. The summed E-state index contributed by atoms with van der Waals surface area (Å²) in [6.45, 7) is 1.42. The van der Waals surface area contributed by atoms with E-state index in [1.165, 1.54) is 17.9 Å². The highest BCUT2D eigenvalue weighted by Crippen LogP contribution is 2.18. The summed E-state index contributed by atoms with van der Waals surface area (Å²) in [5.41, 5.74) is -0.513. The predicted octanol–water partition coefficient (Wildman–Crippen LogP) is 3.02. The van der Waals surface area contributed by atoms with Gasteiger partial charge in [0, 0.05) is 10.7 Å². The van der Waals surface area contributed by atoms with E-state index in [0.29, 0.717) is 5.82 Å². The maximum absolute atomic E-state index is 13.6. The highest BCUT2D eigenvalue weighted by Gasteiger charge is 2.22. The number of hydrogen-bond acceptors (Lipinski definition) is 4. The van der Waals surface area contributed by atoms with Crippen LogP contribution < -0.4 is 10.6 Å². The Labute approximate surface area is 157 Å². The van der Waals surface area contributed by atoms with Gasteiger partial charge in [0.1, 0.15) is 23.1 Å². The quantitative estimate of drug-likeness (QED) is 0.744. The van der Waals surface area contributed by atoms with Crippen LogP contribution in [0.4, 0.5) is 20.3 Å². The summed E-state index contributed by atoms with van der Waals surface area (Å²) in [7, 11) is 1.55. The van der Waals surface area contributed by atoms with E-state index < -0.39 is 29.3 Å². The second-order valence-corrected chi connectivity index (χ2v) is 6.50. The molecule has 1 unspecified atom stereocenters. The Morgan fingerprint density at radius 1 is 1.19 bits per heavy atom. The highest BCUT2D eigenvalue weighted by atomic mass is 79.9. The molecule has 0 fully saturated rings. The van der Waals surface area contributed by atoms with Crippen molar-refractivity contribution in [2.45, 2.75) is 13.0 Å². The first kappa shape index (κ1) is 19.9. The minimum atomic E-state index is -0.868. The average molecular weight is 427 g/mol. The second kappa shape index (κ2) is 8.81. The summed E-state index contributed by atoms with van der Waals surface area (Å²) in [5, 5.41) is 4.81. The van der Waals surface area contributed by atoms with Gasteiger partial charge in [-0.2, -0.15) is 0 Å². The van der Waals surface area contributed by atoms with Crippen molar-refractivity contribution in [2.24, 2.45) is 0 Å². The Hall–Kier alpha value is -2.39. The number of likely N-dealkylation sites (N-methyl/N-ethyl adjacent to an activating group) is 1. The van der Waals surface area contributed by atoms with Crippen LogP contribution in [-0.4, -0.2) is 41.3 Å². The van der Waals surface area contributed by atoms with Gasteiger partial charge < -0.3 is 10.6 Å². The number of aromatic nitrogens is 1. The molecule has 0 spiro atoms. The Bertz CT molecular complexity index is 782. The molecule has 1 atom stereocenters. The van der Waals surface area contributed by atoms with Crippen molar-refractivity contribution in [2.75, 3.05) is 24.2 Å². The van der Waals surface area contributed by atoms with Gasteiger partial charge >= 0.3 is 0 Å². The lowest BCUT2D eigenvalue weighted by atomic mass is 10.2. The molecule has 2 aromatic rings. The van der Waals surface area contributed by atoms with Crippen molar-refractivity contribution in [3.63, 3.8) is 0 Å². The standard InChI is InChI=1S/C17H17BrF2N4O2/c1-10(17(26)23-16-12(19)4-3-5-13(16)20)24(2)9-15(25)22-14-7-6-11(18)8-21-14/h3-8,10H,9H2,1-2H3,(H,23,26)(H,21,22,25). The summed E-state index contributed by atoms with van der Waals surface area (Å²) < 4.78 is 28.0. The molecule has 0 bridgehead atoms. The van der Waals surface area contributed by atoms with E-state index in [4.69, 9.17) is 0 Å². The predicted molar refractivity (Wildman–Crippen MR) is 97.6 cm³/mol. The van der Waals surface area contributed by atoms with Gasteiger partial charge in [0.05, 0.1) is 12.6 Å². The zero-order valence-corrected chi connectivity index (χ0v) is 15.7. The van der Waals surface area contributed by atoms with Crippen molar-refractivity contribution >= 4 is 39.2 Å². The third-order valence-electron chi connectivity index (χ3n) is 3.64. The molecular weight excluding hydrogens is 410 g/mol. The molecule has 2 N–H and O–H groups in total. The molecule has 1 aromatic carbocycles. The molecule has 0 aliphatic heterocycles. The van der Waals surface area contributed by atoms with E-state index in [-0.39, 0.29) is 12.5 Å². The first-order valence-electron chi connectivity index (χ1n) is 7.64. The fourth-order valence-electron chi connectivity index (χ4n) is 2.04. The molecule has 138 valence electrons. The molecule has 26 heavy (non-hydrogen) atoms. The van der Waals surface area contributed by atoms with Crippen molar-refractivity contribution in [1.29, 1.82) is 0 Å². The SMILES string of the molecule is CC(C(=O)Nc1c(F)cccc1F)N(C)CC(=O)Nc1ccc(Br)cn1. The number of para-hydroxylation sites is 1. The van der Waals surface area contributed by atoms with E-state index in [1.54, 1.807) is 25.4 Å². The maximum atomic E-state index is 13.6. The van der Waals surface area contributed by atoms with Gasteiger partial charge in [0.25, 0.3) is 0 Å². The van der Waals surface area contributed by atoms with Gasteiger partial charge in [-0.1, -0.05) is 6.07 Å². The van der Waals surface area contributed by atoms with Crippen LogP contribution >= 0.6 is 15.9 Å². The van der Waals surface area contributed by atoms with Crippen LogP contribution in [0.15, 0.2) is 41.0 Å². The van der Waals surface area contributed by atoms with Crippen LogP contribution in [0.3, 0.4) is 0 Å². The smallest absolute Gasteiger partial charge is 0.241 e. The molecule has 2 rings (SSSR count). The minimum absolute atomic E-state index is 0.105. The van der Waals surface area contributed by atoms with E-state index >= 15 is 0 Å². The molecule has 1 heterocycles. The molecule has 1 aromatic heterocycles. The zero-order valence-electron chi connectivity index (χ0n) is 14.1. The Balaban J connectivity index is 1.93. The Kier molecular flexibility index (Phi) is 6.76. The zero-order chi connectivity index (χ0) is 19.3. The number of amides is 2. The normalized spacial score (nSPS) is 11.9. The number of pyridine rings is 1. The Morgan fingerprint density at radius 2 is 1.85 bits per heavy atom. The van der Waals surface area contributed by atoms with E-state index in [2.05, 4.69) is 31.5 Å². The molecule has 6 nitrogen and oxygen atoms in total. The fourth-order valence-corrected chi connectivity index (χ4v) is 2.28. The van der Waals surface area contributed by atoms with Crippen molar-refractivity contribution in [3.8, 4) is 0 Å². The molecule has 0 aliphatic rings. The third kappa shape index (κ3) is 5.30. The van der Waals surface area contributed by atoms with Gasteiger partial charge in [0.2, 0.25) is 11.8 Å². The topological polar surface area (TPSA) is 74.3 Å². The third-order valence-corrected chi connectivity index (χ3v) is 4.11. The number of hydrogen-bond donors (Lipinski definition) is 2. The summed E-state index contributed by atoms with van der Waals surface area (Å²) in [6.07, 6.45) is 1.54. The van der Waals surface area contributed by atoms with Crippen molar-refractivity contribution in [1.82, 2.24) is 9.88 Å². The molecule has 9 heteroatoms. The first-order chi connectivity index (χ1) is 12.3. The van der Waals surface area contributed by atoms with Crippen molar-refractivity contribution in [3.05, 3.63) is 52.6 Å². The number of rotatable bonds is 6. The van der Waals surface area contributed by atoms with E-state index in [1.807, 2.05) is 0 Å². The van der Waals surface area contributed by atoms with Crippen LogP contribution in [0.2, 0.25) is 0 Å². The van der Waals surface area contributed by atoms with Crippen molar-refractivity contribution < 1.29 is 18.4 Å². The second-order valence-electron chi connectivity index (χ2n) is 5.59. The number of halogens is 3. The van der Waals surface area contributed by atoms with Crippen LogP contribution in [0.1, 0.15) is 6.92 Å². The maximum Gasteiger partial charge on any atom is 0.241 e. The van der Waals surface area contributed by atoms with Gasteiger partial charge in [0.15, 0.2) is 0 Å². The largest absolute Gasteiger partial charge is 0.320 e. The Morgan fingerprint density at radius 3 is 2.42 bits per heavy atom. The first-order valence-corrected chi connectivity index (χ1v) is 8.43. The van der Waals surface area contributed by atoms with Crippen LogP contribution in [0, 0.1) is 11.6 Å². The van der Waals surface area contributed by atoms with E-state index in [0.717, 1.165) is 16.6 Å². The number of carbonyl (C=O) groups is 2. The van der Waals surface area contributed by atoms with Gasteiger partial charge in [-0.05, 0) is 54.2 Å². The number of benzene rings is 1. The summed E-state index contributed by atoms with van der Waals surface area (Å²) in [5.74, 6) is -2.37. The van der Waals surface area contributed by atoms with Crippen LogP contribution in [0.5, 0.6) is 0 Å². The molecule has 0 aliphatic carbocycles. The average Bonchev–Trinajstić information content (AvgIpc) is 2.59. The summed E-state index contributed by atoms with van der Waals surface area (Å²) in [6, 6.07) is 5.86. The molecule has 0 saturated carbocycles. The number of anilines is 2. The lowest BCUT2D eigenvalue weighted by Gasteiger charge is -2.23. The van der Waals surface area contributed by atoms with Gasteiger partial charge in [-0.15, -0.1) is 0 Å². The summed E-state index contributed by atoms with van der Waals surface area (Å²) >= 11 is 3.24. The number of carbonyl (C=O) groups excluding carboxylic acids is 2. The molecule has 0 radical (unpaired) electrons. The minimum Gasteiger partial charge on any atom is -0.320 e. The molecular formula is C17H17BrF2N4O2. The highest BCUT2D eigenvalue weighted by molar-refractivity contribution is 9.10. The monoisotopic (exact) mass is 426 g/mol. The lowest BCUT2D eigenvalue weighted by molar-refractivity contribution is -0.122.